The Balaban J connectivity index is 2.22. The van der Waals surface area contributed by atoms with Gasteiger partial charge in [-0.1, -0.05) is 0 Å². The molecule has 4 heteroatoms. The van der Waals surface area contributed by atoms with Crippen LogP contribution in [-0.4, -0.2) is 59.6 Å². The molecule has 1 saturated heterocycles. The van der Waals surface area contributed by atoms with Gasteiger partial charge in [-0.25, -0.2) is 0 Å². The Labute approximate surface area is 117 Å². The van der Waals surface area contributed by atoms with Crippen molar-refractivity contribution in [2.24, 2.45) is 0 Å². The Morgan fingerprint density at radius 2 is 2.05 bits per heavy atom. The lowest BCUT2D eigenvalue weighted by Gasteiger charge is -2.25. The zero-order valence-electron chi connectivity index (χ0n) is 12.6. The van der Waals surface area contributed by atoms with E-state index in [1.54, 1.807) is 0 Å². The maximum Gasteiger partial charge on any atom is 0.222 e. The highest BCUT2D eigenvalue weighted by Crippen LogP contribution is 2.21. The normalized spacial score (nSPS) is 19.8. The minimum atomic E-state index is 0.288. The first-order valence-corrected chi connectivity index (χ1v) is 7.85. The van der Waals surface area contributed by atoms with Gasteiger partial charge in [0.1, 0.15) is 0 Å². The van der Waals surface area contributed by atoms with Gasteiger partial charge in [-0.15, -0.1) is 0 Å². The van der Waals surface area contributed by atoms with Crippen molar-refractivity contribution in [2.45, 2.75) is 58.4 Å². The summed E-state index contributed by atoms with van der Waals surface area (Å²) in [6, 6.07) is 0.635. The molecule has 0 aliphatic carbocycles. The van der Waals surface area contributed by atoms with E-state index in [1.807, 2.05) is 18.7 Å². The van der Waals surface area contributed by atoms with Crippen molar-refractivity contribution in [3.63, 3.8) is 0 Å². The largest absolute Gasteiger partial charge is 0.396 e. The second-order valence-corrected chi connectivity index (χ2v) is 5.37. The summed E-state index contributed by atoms with van der Waals surface area (Å²) in [5.74, 6) is 0.288. The van der Waals surface area contributed by atoms with Crippen molar-refractivity contribution in [1.29, 1.82) is 0 Å². The molecule has 0 radical (unpaired) electrons. The number of likely N-dealkylation sites (tertiary alicyclic amines) is 1. The van der Waals surface area contributed by atoms with Gasteiger partial charge in [-0.2, -0.15) is 0 Å². The molecule has 1 heterocycles. The summed E-state index contributed by atoms with van der Waals surface area (Å²) in [5.41, 5.74) is 0. The van der Waals surface area contributed by atoms with Crippen LogP contribution in [0.3, 0.4) is 0 Å². The molecule has 1 unspecified atom stereocenters. The van der Waals surface area contributed by atoms with E-state index in [0.717, 1.165) is 45.4 Å². The van der Waals surface area contributed by atoms with Gasteiger partial charge in [-0.3, -0.25) is 4.79 Å². The highest BCUT2D eigenvalue weighted by atomic mass is 16.2. The maximum atomic E-state index is 11.9. The van der Waals surface area contributed by atoms with Gasteiger partial charge >= 0.3 is 0 Å². The van der Waals surface area contributed by atoms with Crippen LogP contribution in [0.1, 0.15) is 52.4 Å². The Morgan fingerprint density at radius 3 is 2.68 bits per heavy atom. The van der Waals surface area contributed by atoms with Crippen LogP contribution in [0.25, 0.3) is 0 Å². The molecule has 1 aliphatic heterocycles. The standard InChI is InChI=1S/C15H30N2O2/c1-3-16(4-2)15(19)10-6-12-17-11-5-8-14(17)9-7-13-18/h14,18H,3-13H2,1-2H3. The first-order chi connectivity index (χ1) is 9.22. The maximum absolute atomic E-state index is 11.9. The van der Waals surface area contributed by atoms with E-state index >= 15 is 0 Å². The number of aliphatic hydroxyl groups is 1. The second-order valence-electron chi connectivity index (χ2n) is 5.37. The van der Waals surface area contributed by atoms with Crippen molar-refractivity contribution in [3.05, 3.63) is 0 Å². The zero-order chi connectivity index (χ0) is 14.1. The van der Waals surface area contributed by atoms with Crippen molar-refractivity contribution in [3.8, 4) is 0 Å². The smallest absolute Gasteiger partial charge is 0.222 e. The van der Waals surface area contributed by atoms with Crippen LogP contribution in [0, 0.1) is 0 Å². The molecule has 0 aromatic heterocycles. The van der Waals surface area contributed by atoms with Gasteiger partial charge in [0.15, 0.2) is 0 Å². The summed E-state index contributed by atoms with van der Waals surface area (Å²) in [6.07, 6.45) is 6.15. The Morgan fingerprint density at radius 1 is 1.32 bits per heavy atom. The number of amides is 1. The Kier molecular flexibility index (Phi) is 8.07. The van der Waals surface area contributed by atoms with E-state index in [4.69, 9.17) is 5.11 Å². The Hall–Kier alpha value is -0.610. The van der Waals surface area contributed by atoms with Crippen LogP contribution in [0.15, 0.2) is 0 Å². The van der Waals surface area contributed by atoms with E-state index in [9.17, 15) is 4.79 Å². The summed E-state index contributed by atoms with van der Waals surface area (Å²) >= 11 is 0. The number of hydrogen-bond donors (Lipinski definition) is 1. The van der Waals surface area contributed by atoms with Crippen LogP contribution in [0.4, 0.5) is 0 Å². The van der Waals surface area contributed by atoms with Crippen LogP contribution in [0.5, 0.6) is 0 Å². The number of carbonyl (C=O) groups excluding carboxylic acids is 1. The van der Waals surface area contributed by atoms with E-state index in [2.05, 4.69) is 4.90 Å². The quantitative estimate of drug-likeness (QED) is 0.695. The average molecular weight is 270 g/mol. The van der Waals surface area contributed by atoms with E-state index < -0.39 is 0 Å². The molecule has 0 spiro atoms. The zero-order valence-corrected chi connectivity index (χ0v) is 12.6. The molecule has 1 fully saturated rings. The molecule has 0 aromatic rings. The van der Waals surface area contributed by atoms with Crippen LogP contribution < -0.4 is 0 Å². The summed E-state index contributed by atoms with van der Waals surface area (Å²) < 4.78 is 0. The second kappa shape index (κ2) is 9.32. The molecule has 1 aliphatic rings. The third-order valence-electron chi connectivity index (χ3n) is 4.15. The van der Waals surface area contributed by atoms with Gasteiger partial charge in [-0.05, 0) is 59.0 Å². The number of nitrogens with zero attached hydrogens (tertiary/aromatic N) is 2. The fourth-order valence-corrected chi connectivity index (χ4v) is 3.01. The molecule has 0 aromatic carbocycles. The minimum Gasteiger partial charge on any atom is -0.396 e. The molecule has 1 atom stereocenters. The number of rotatable bonds is 9. The highest BCUT2D eigenvalue weighted by molar-refractivity contribution is 5.76. The number of aliphatic hydroxyl groups excluding tert-OH is 1. The van der Waals surface area contributed by atoms with E-state index in [1.165, 1.54) is 12.8 Å². The SMILES string of the molecule is CCN(CC)C(=O)CCCN1CCCC1CCCO. The minimum absolute atomic E-state index is 0.288. The van der Waals surface area contributed by atoms with Gasteiger partial charge in [0.05, 0.1) is 0 Å². The topological polar surface area (TPSA) is 43.8 Å². The third-order valence-corrected chi connectivity index (χ3v) is 4.15. The molecule has 4 nitrogen and oxygen atoms in total. The molecule has 19 heavy (non-hydrogen) atoms. The predicted molar refractivity (Wildman–Crippen MR) is 78.1 cm³/mol. The summed E-state index contributed by atoms with van der Waals surface area (Å²) in [4.78, 5) is 16.3. The molecule has 1 N–H and O–H groups in total. The summed E-state index contributed by atoms with van der Waals surface area (Å²) in [7, 11) is 0. The van der Waals surface area contributed by atoms with E-state index in [0.29, 0.717) is 19.1 Å². The monoisotopic (exact) mass is 270 g/mol. The first kappa shape index (κ1) is 16.4. The van der Waals surface area contributed by atoms with Gasteiger partial charge < -0.3 is 14.9 Å². The summed E-state index contributed by atoms with van der Waals surface area (Å²) in [6.45, 7) is 8.19. The number of hydrogen-bond acceptors (Lipinski definition) is 3. The van der Waals surface area contributed by atoms with Crippen molar-refractivity contribution in [2.75, 3.05) is 32.8 Å². The molecule has 1 rings (SSSR count). The van der Waals surface area contributed by atoms with E-state index in [-0.39, 0.29) is 5.91 Å². The van der Waals surface area contributed by atoms with Gasteiger partial charge in [0.2, 0.25) is 5.91 Å². The van der Waals surface area contributed by atoms with Crippen LogP contribution >= 0.6 is 0 Å². The lowest BCUT2D eigenvalue weighted by molar-refractivity contribution is -0.131. The highest BCUT2D eigenvalue weighted by Gasteiger charge is 2.23. The summed E-state index contributed by atoms with van der Waals surface area (Å²) in [5, 5.41) is 8.91. The molecule has 0 bridgehead atoms. The third kappa shape index (κ3) is 5.49. The van der Waals surface area contributed by atoms with Crippen LogP contribution in [0.2, 0.25) is 0 Å². The Bertz CT molecular complexity index is 255. The van der Waals surface area contributed by atoms with Crippen LogP contribution in [-0.2, 0) is 4.79 Å². The molecule has 1 amide bonds. The lowest BCUT2D eigenvalue weighted by Crippen LogP contribution is -2.33. The fourth-order valence-electron chi connectivity index (χ4n) is 3.01. The van der Waals surface area contributed by atoms with Gasteiger partial charge in [0.25, 0.3) is 0 Å². The predicted octanol–water partition coefficient (Wildman–Crippen LogP) is 1.87. The van der Waals surface area contributed by atoms with Crippen molar-refractivity contribution >= 4 is 5.91 Å². The molecular weight excluding hydrogens is 240 g/mol. The van der Waals surface area contributed by atoms with Crippen molar-refractivity contribution < 1.29 is 9.90 Å². The van der Waals surface area contributed by atoms with Crippen molar-refractivity contribution in [1.82, 2.24) is 9.80 Å². The molecule has 0 saturated carbocycles. The van der Waals surface area contributed by atoms with Gasteiger partial charge in [0, 0.05) is 32.2 Å². The lowest BCUT2D eigenvalue weighted by atomic mass is 10.1. The number of carbonyl (C=O) groups is 1. The molecular formula is C15H30N2O2. The fraction of sp³-hybridized carbons (Fsp3) is 0.933. The molecule has 112 valence electrons. The average Bonchev–Trinajstić information content (AvgIpc) is 2.85. The first-order valence-electron chi connectivity index (χ1n) is 7.85.